The Morgan fingerprint density at radius 3 is 2.50 bits per heavy atom. The molecule has 5 nitrogen and oxygen atoms in total. The number of likely N-dealkylation sites (N-methyl/N-ethyl adjacent to an activating group) is 1. The molecule has 0 bridgehead atoms. The summed E-state index contributed by atoms with van der Waals surface area (Å²) in [6.45, 7) is 1.81. The molecular formula is C14H22N2O3S. The first-order chi connectivity index (χ1) is 9.32. The standard InChI is InChI=1S/C14H22N2O3S/c1-10-7-11(15)9-12(8-10)20(18,19)16(2)13-5-3-4-6-14(13)17/h7-9,13-14,17H,3-6,15H2,1-2H3. The monoisotopic (exact) mass is 298 g/mol. The summed E-state index contributed by atoms with van der Waals surface area (Å²) in [7, 11) is -2.09. The van der Waals surface area contributed by atoms with Gasteiger partial charge in [0.05, 0.1) is 17.0 Å². The number of benzene rings is 1. The van der Waals surface area contributed by atoms with Crippen molar-refractivity contribution in [2.45, 2.75) is 49.6 Å². The van der Waals surface area contributed by atoms with E-state index in [1.807, 2.05) is 6.92 Å². The predicted molar refractivity (Wildman–Crippen MR) is 78.8 cm³/mol. The molecule has 2 rings (SSSR count). The Kier molecular flexibility index (Phi) is 4.36. The Hall–Kier alpha value is -1.11. The van der Waals surface area contributed by atoms with Crippen molar-refractivity contribution in [2.24, 2.45) is 0 Å². The molecule has 0 saturated heterocycles. The number of hydrogen-bond acceptors (Lipinski definition) is 4. The number of anilines is 1. The van der Waals surface area contributed by atoms with Crippen molar-refractivity contribution >= 4 is 15.7 Å². The van der Waals surface area contributed by atoms with Crippen LogP contribution in [0, 0.1) is 6.92 Å². The summed E-state index contributed by atoms with van der Waals surface area (Å²) in [5, 5.41) is 10.0. The first kappa shape index (κ1) is 15.3. The molecule has 3 N–H and O–H groups in total. The van der Waals surface area contributed by atoms with E-state index < -0.39 is 16.1 Å². The van der Waals surface area contributed by atoms with E-state index in [1.54, 1.807) is 12.1 Å². The van der Waals surface area contributed by atoms with Crippen LogP contribution >= 0.6 is 0 Å². The van der Waals surface area contributed by atoms with E-state index in [0.29, 0.717) is 18.5 Å². The molecule has 1 aliphatic rings. The molecule has 0 heterocycles. The molecule has 1 fully saturated rings. The summed E-state index contributed by atoms with van der Waals surface area (Å²) in [4.78, 5) is 0.190. The lowest BCUT2D eigenvalue weighted by molar-refractivity contribution is 0.0638. The van der Waals surface area contributed by atoms with E-state index in [2.05, 4.69) is 0 Å². The van der Waals surface area contributed by atoms with E-state index in [-0.39, 0.29) is 10.9 Å². The molecule has 1 aromatic carbocycles. The minimum Gasteiger partial charge on any atom is -0.399 e. The van der Waals surface area contributed by atoms with Crippen molar-refractivity contribution in [2.75, 3.05) is 12.8 Å². The van der Waals surface area contributed by atoms with Gasteiger partial charge < -0.3 is 10.8 Å². The van der Waals surface area contributed by atoms with Gasteiger partial charge in [0, 0.05) is 12.7 Å². The van der Waals surface area contributed by atoms with Crippen LogP contribution in [0.15, 0.2) is 23.1 Å². The summed E-state index contributed by atoms with van der Waals surface area (Å²) in [5.41, 5.74) is 6.97. The van der Waals surface area contributed by atoms with Gasteiger partial charge in [-0.3, -0.25) is 0 Å². The molecule has 112 valence electrons. The van der Waals surface area contributed by atoms with Crippen molar-refractivity contribution < 1.29 is 13.5 Å². The zero-order valence-electron chi connectivity index (χ0n) is 11.9. The number of nitrogens with two attached hydrogens (primary N) is 1. The predicted octanol–water partition coefficient (Wildman–Crippen LogP) is 1.50. The molecule has 0 radical (unpaired) electrons. The number of aliphatic hydroxyl groups excluding tert-OH is 1. The quantitative estimate of drug-likeness (QED) is 0.828. The number of sulfonamides is 1. The zero-order chi connectivity index (χ0) is 14.9. The first-order valence-corrected chi connectivity index (χ1v) is 8.29. The van der Waals surface area contributed by atoms with E-state index in [4.69, 9.17) is 5.73 Å². The number of aryl methyl sites for hydroxylation is 1. The molecule has 0 amide bonds. The highest BCUT2D eigenvalue weighted by molar-refractivity contribution is 7.89. The van der Waals surface area contributed by atoms with Crippen LogP contribution in [0.5, 0.6) is 0 Å². The van der Waals surface area contributed by atoms with Gasteiger partial charge in [-0.05, 0) is 43.5 Å². The van der Waals surface area contributed by atoms with Gasteiger partial charge in [0.15, 0.2) is 0 Å². The van der Waals surface area contributed by atoms with Crippen LogP contribution in [0.25, 0.3) is 0 Å². The Labute approximate surface area is 120 Å². The average molecular weight is 298 g/mol. The van der Waals surface area contributed by atoms with Gasteiger partial charge in [0.25, 0.3) is 0 Å². The highest BCUT2D eigenvalue weighted by atomic mass is 32.2. The van der Waals surface area contributed by atoms with E-state index in [9.17, 15) is 13.5 Å². The van der Waals surface area contributed by atoms with Crippen LogP contribution in [0.4, 0.5) is 5.69 Å². The fraction of sp³-hybridized carbons (Fsp3) is 0.571. The van der Waals surface area contributed by atoms with Crippen LogP contribution in [0.2, 0.25) is 0 Å². The third kappa shape index (κ3) is 2.97. The third-order valence-corrected chi connectivity index (χ3v) is 5.77. The number of aliphatic hydroxyl groups is 1. The highest BCUT2D eigenvalue weighted by Crippen LogP contribution is 2.28. The molecule has 1 aliphatic carbocycles. The Balaban J connectivity index is 2.33. The molecular weight excluding hydrogens is 276 g/mol. The molecule has 6 heteroatoms. The minimum absolute atomic E-state index is 0.190. The number of nitrogens with zero attached hydrogens (tertiary/aromatic N) is 1. The van der Waals surface area contributed by atoms with Gasteiger partial charge in [0.1, 0.15) is 0 Å². The number of hydrogen-bond donors (Lipinski definition) is 2. The van der Waals surface area contributed by atoms with Crippen molar-refractivity contribution in [1.82, 2.24) is 4.31 Å². The second-order valence-corrected chi connectivity index (χ2v) is 7.52. The fourth-order valence-corrected chi connectivity index (χ4v) is 4.34. The van der Waals surface area contributed by atoms with Crippen LogP contribution in [0.3, 0.4) is 0 Å². The smallest absolute Gasteiger partial charge is 0.243 e. The van der Waals surface area contributed by atoms with Crippen LogP contribution in [0.1, 0.15) is 31.2 Å². The third-order valence-electron chi connectivity index (χ3n) is 3.91. The lowest BCUT2D eigenvalue weighted by Gasteiger charge is -2.34. The molecule has 0 aliphatic heterocycles. The Bertz CT molecular complexity index is 566. The van der Waals surface area contributed by atoms with Crippen LogP contribution in [-0.4, -0.2) is 37.0 Å². The maximum Gasteiger partial charge on any atom is 0.243 e. The second kappa shape index (κ2) is 5.71. The highest BCUT2D eigenvalue weighted by Gasteiger charge is 2.34. The van der Waals surface area contributed by atoms with Gasteiger partial charge >= 0.3 is 0 Å². The van der Waals surface area contributed by atoms with Gasteiger partial charge in [-0.2, -0.15) is 4.31 Å². The zero-order valence-corrected chi connectivity index (χ0v) is 12.7. The minimum atomic E-state index is -3.62. The molecule has 20 heavy (non-hydrogen) atoms. The second-order valence-electron chi connectivity index (χ2n) is 5.52. The van der Waals surface area contributed by atoms with E-state index in [1.165, 1.54) is 17.4 Å². The van der Waals surface area contributed by atoms with Gasteiger partial charge in [-0.25, -0.2) is 8.42 Å². The normalized spacial score (nSPS) is 24.0. The number of nitrogen functional groups attached to an aromatic ring is 1. The van der Waals surface area contributed by atoms with Crippen molar-refractivity contribution in [1.29, 1.82) is 0 Å². The Morgan fingerprint density at radius 2 is 1.90 bits per heavy atom. The summed E-state index contributed by atoms with van der Waals surface area (Å²) in [5.74, 6) is 0. The van der Waals surface area contributed by atoms with Gasteiger partial charge in [0.2, 0.25) is 10.0 Å². The van der Waals surface area contributed by atoms with E-state index >= 15 is 0 Å². The van der Waals surface area contributed by atoms with Gasteiger partial charge in [-0.1, -0.05) is 12.8 Å². The molecule has 0 aromatic heterocycles. The fourth-order valence-electron chi connectivity index (χ4n) is 2.79. The maximum atomic E-state index is 12.6. The molecule has 1 aromatic rings. The summed E-state index contributed by atoms with van der Waals surface area (Å²) in [6, 6.07) is 4.45. The van der Waals surface area contributed by atoms with Crippen LogP contribution in [-0.2, 0) is 10.0 Å². The van der Waals surface area contributed by atoms with Crippen molar-refractivity contribution in [3.8, 4) is 0 Å². The SMILES string of the molecule is Cc1cc(N)cc(S(=O)(=O)N(C)C2CCCCC2O)c1. The first-order valence-electron chi connectivity index (χ1n) is 6.85. The van der Waals surface area contributed by atoms with Crippen molar-refractivity contribution in [3.63, 3.8) is 0 Å². The lowest BCUT2D eigenvalue weighted by atomic mass is 9.93. The summed E-state index contributed by atoms with van der Waals surface area (Å²) in [6.07, 6.45) is 2.64. The Morgan fingerprint density at radius 1 is 1.25 bits per heavy atom. The lowest BCUT2D eigenvalue weighted by Crippen LogP contribution is -2.46. The molecule has 1 saturated carbocycles. The molecule has 0 spiro atoms. The average Bonchev–Trinajstić information content (AvgIpc) is 2.37. The molecule has 2 unspecified atom stereocenters. The van der Waals surface area contributed by atoms with Gasteiger partial charge in [-0.15, -0.1) is 0 Å². The summed E-state index contributed by atoms with van der Waals surface area (Å²) >= 11 is 0. The van der Waals surface area contributed by atoms with Crippen LogP contribution < -0.4 is 5.73 Å². The van der Waals surface area contributed by atoms with Crippen molar-refractivity contribution in [3.05, 3.63) is 23.8 Å². The maximum absolute atomic E-state index is 12.6. The topological polar surface area (TPSA) is 83.6 Å². The summed E-state index contributed by atoms with van der Waals surface area (Å²) < 4.78 is 26.6. The number of rotatable bonds is 3. The van der Waals surface area contributed by atoms with E-state index in [0.717, 1.165) is 18.4 Å². The molecule has 2 atom stereocenters. The largest absolute Gasteiger partial charge is 0.399 e.